The summed E-state index contributed by atoms with van der Waals surface area (Å²) in [4.78, 5) is 38.3. The van der Waals surface area contributed by atoms with Crippen molar-refractivity contribution in [3.05, 3.63) is 22.4 Å². The van der Waals surface area contributed by atoms with Gasteiger partial charge in [0, 0.05) is 50.1 Å². The van der Waals surface area contributed by atoms with Gasteiger partial charge in [-0.1, -0.05) is 6.07 Å². The molecule has 2 aliphatic heterocycles. The molecule has 2 N–H and O–H groups in total. The van der Waals surface area contributed by atoms with Gasteiger partial charge >= 0.3 is 24.3 Å². The molecule has 2 saturated heterocycles. The Labute approximate surface area is 208 Å². The lowest BCUT2D eigenvalue weighted by atomic mass is 9.92. The standard InChI is InChI=1S/C17H27N3OS.2C2HF3O2/c1-13(21)20-15(11-18(2)3)9-14-10-19(7-6-17(14)20)12-16-5-4-8-22-16;2*3-2(4,5)1(6)7/h4-5,8,14-15,17H,6-7,9-12H2,1-3H3;2*(H,6,7)/t14-,15+,17+;;/m1../s1. The van der Waals surface area contributed by atoms with Crippen LogP contribution in [-0.2, 0) is 20.9 Å². The van der Waals surface area contributed by atoms with Gasteiger partial charge in [0.15, 0.2) is 0 Å². The largest absolute Gasteiger partial charge is 0.490 e. The predicted octanol–water partition coefficient (Wildman–Crippen LogP) is 3.39. The summed E-state index contributed by atoms with van der Waals surface area (Å²) in [6.07, 6.45) is -7.89. The number of fused-ring (bicyclic) bond motifs is 1. The molecular formula is C21H29F6N3O5S. The molecule has 15 heteroatoms. The van der Waals surface area contributed by atoms with Gasteiger partial charge in [-0.15, -0.1) is 11.3 Å². The lowest BCUT2D eigenvalue weighted by Crippen LogP contribution is -2.49. The van der Waals surface area contributed by atoms with Gasteiger partial charge in [-0.25, -0.2) is 9.59 Å². The summed E-state index contributed by atoms with van der Waals surface area (Å²) in [6.45, 7) is 6.04. The Hall–Kier alpha value is -2.39. The van der Waals surface area contributed by atoms with Crippen LogP contribution in [0.15, 0.2) is 17.5 Å². The SMILES string of the molecule is CC(=O)N1[C@H](CN(C)C)C[C@@H]2CN(Cc3cccs3)CC[C@@H]21.O=C(O)C(F)(F)F.O=C(O)C(F)(F)F. The van der Waals surface area contributed by atoms with Crippen molar-refractivity contribution in [2.75, 3.05) is 33.7 Å². The highest BCUT2D eigenvalue weighted by atomic mass is 32.1. The van der Waals surface area contributed by atoms with Gasteiger partial charge in [0.05, 0.1) is 0 Å². The van der Waals surface area contributed by atoms with Crippen LogP contribution < -0.4 is 0 Å². The summed E-state index contributed by atoms with van der Waals surface area (Å²) in [5, 5.41) is 16.4. The van der Waals surface area contributed by atoms with Crippen molar-refractivity contribution < 1.29 is 50.9 Å². The number of piperidine rings is 1. The van der Waals surface area contributed by atoms with Crippen LogP contribution in [0, 0.1) is 5.92 Å². The quantitative estimate of drug-likeness (QED) is 0.556. The number of carboxylic acid groups (broad SMARTS) is 2. The molecule has 0 saturated carbocycles. The first-order valence-electron chi connectivity index (χ1n) is 10.7. The van der Waals surface area contributed by atoms with Crippen LogP contribution in [0.4, 0.5) is 26.3 Å². The number of carbonyl (C=O) groups excluding carboxylic acids is 1. The Morgan fingerprint density at radius 1 is 1.08 bits per heavy atom. The van der Waals surface area contributed by atoms with E-state index >= 15 is 0 Å². The summed E-state index contributed by atoms with van der Waals surface area (Å²) >= 11 is 1.84. The molecule has 0 radical (unpaired) electrons. The van der Waals surface area contributed by atoms with Crippen LogP contribution >= 0.6 is 11.3 Å². The van der Waals surface area contributed by atoms with Crippen molar-refractivity contribution in [2.45, 2.75) is 50.7 Å². The maximum Gasteiger partial charge on any atom is 0.490 e. The number of hydrogen-bond acceptors (Lipinski definition) is 6. The number of aliphatic carboxylic acids is 2. The van der Waals surface area contributed by atoms with Gasteiger partial charge in [0.2, 0.25) is 5.91 Å². The number of likely N-dealkylation sites (tertiary alicyclic amines) is 2. The van der Waals surface area contributed by atoms with E-state index in [1.807, 2.05) is 11.3 Å². The minimum atomic E-state index is -5.08. The van der Waals surface area contributed by atoms with E-state index < -0.39 is 24.3 Å². The van der Waals surface area contributed by atoms with E-state index in [1.165, 1.54) is 4.88 Å². The molecule has 1 aromatic heterocycles. The van der Waals surface area contributed by atoms with Crippen molar-refractivity contribution >= 4 is 29.2 Å². The van der Waals surface area contributed by atoms with E-state index in [2.05, 4.69) is 46.3 Å². The molecule has 8 nitrogen and oxygen atoms in total. The van der Waals surface area contributed by atoms with E-state index in [9.17, 15) is 31.1 Å². The molecular weight excluding hydrogens is 520 g/mol. The van der Waals surface area contributed by atoms with Crippen molar-refractivity contribution in [1.29, 1.82) is 0 Å². The van der Waals surface area contributed by atoms with Gasteiger partial charge in [0.1, 0.15) is 0 Å². The van der Waals surface area contributed by atoms with Crippen LogP contribution in [0.3, 0.4) is 0 Å². The maximum absolute atomic E-state index is 12.1. The third-order valence-corrected chi connectivity index (χ3v) is 6.35. The number of thiophene rings is 1. The number of halogens is 6. The molecule has 0 unspecified atom stereocenters. The Bertz CT molecular complexity index is 839. The monoisotopic (exact) mass is 549 g/mol. The number of hydrogen-bond donors (Lipinski definition) is 2. The molecule has 2 fully saturated rings. The molecule has 206 valence electrons. The first kappa shape index (κ1) is 31.6. The highest BCUT2D eigenvalue weighted by Crippen LogP contribution is 2.36. The zero-order chi connectivity index (χ0) is 27.8. The topological polar surface area (TPSA) is 101 Å². The second-order valence-electron chi connectivity index (χ2n) is 8.61. The fraction of sp³-hybridized carbons (Fsp3) is 0.667. The highest BCUT2D eigenvalue weighted by molar-refractivity contribution is 7.09. The fourth-order valence-electron chi connectivity index (χ4n) is 4.27. The average Bonchev–Trinajstić information content (AvgIpc) is 3.33. The highest BCUT2D eigenvalue weighted by Gasteiger charge is 2.45. The zero-order valence-corrected chi connectivity index (χ0v) is 20.7. The van der Waals surface area contributed by atoms with Crippen LogP contribution in [-0.4, -0.2) is 101 Å². The lowest BCUT2D eigenvalue weighted by Gasteiger charge is -2.38. The molecule has 36 heavy (non-hydrogen) atoms. The van der Waals surface area contributed by atoms with Crippen molar-refractivity contribution in [3.63, 3.8) is 0 Å². The number of amides is 1. The second-order valence-corrected chi connectivity index (χ2v) is 9.65. The Kier molecular flexibility index (Phi) is 11.6. The average molecular weight is 550 g/mol. The number of nitrogens with zero attached hydrogens (tertiary/aromatic N) is 3. The summed E-state index contributed by atoms with van der Waals surface area (Å²) in [7, 11) is 4.20. The van der Waals surface area contributed by atoms with Crippen molar-refractivity contribution in [1.82, 2.24) is 14.7 Å². The number of rotatable bonds is 4. The van der Waals surface area contributed by atoms with Gasteiger partial charge in [0.25, 0.3) is 0 Å². The summed E-state index contributed by atoms with van der Waals surface area (Å²) in [6, 6.07) is 5.21. The summed E-state index contributed by atoms with van der Waals surface area (Å²) < 4.78 is 63.5. The molecule has 0 spiro atoms. The zero-order valence-electron chi connectivity index (χ0n) is 19.8. The van der Waals surface area contributed by atoms with E-state index in [0.717, 1.165) is 39.0 Å². The molecule has 1 amide bonds. The molecule has 2 aliphatic rings. The molecule has 3 heterocycles. The molecule has 0 aliphatic carbocycles. The Morgan fingerprint density at radius 2 is 1.61 bits per heavy atom. The van der Waals surface area contributed by atoms with Crippen LogP contribution in [0.5, 0.6) is 0 Å². The fourth-order valence-corrected chi connectivity index (χ4v) is 5.01. The lowest BCUT2D eigenvalue weighted by molar-refractivity contribution is -0.193. The molecule has 0 aromatic carbocycles. The van der Waals surface area contributed by atoms with Crippen LogP contribution in [0.25, 0.3) is 0 Å². The van der Waals surface area contributed by atoms with Crippen molar-refractivity contribution in [2.24, 2.45) is 5.92 Å². The third-order valence-electron chi connectivity index (χ3n) is 5.49. The normalized spacial score (nSPS) is 22.2. The van der Waals surface area contributed by atoms with Gasteiger partial charge in [-0.05, 0) is 44.3 Å². The number of alkyl halides is 6. The summed E-state index contributed by atoms with van der Waals surface area (Å²) in [5.41, 5.74) is 0. The van der Waals surface area contributed by atoms with Crippen molar-refractivity contribution in [3.8, 4) is 0 Å². The number of likely N-dealkylation sites (N-methyl/N-ethyl adjacent to an activating group) is 1. The van der Waals surface area contributed by atoms with E-state index in [-0.39, 0.29) is 5.91 Å². The molecule has 3 rings (SSSR count). The smallest absolute Gasteiger partial charge is 0.475 e. The Morgan fingerprint density at radius 3 is 2.00 bits per heavy atom. The molecule has 0 bridgehead atoms. The summed E-state index contributed by atoms with van der Waals surface area (Å²) in [5.74, 6) is -4.62. The van der Waals surface area contributed by atoms with E-state index in [4.69, 9.17) is 19.8 Å². The first-order valence-corrected chi connectivity index (χ1v) is 11.6. The Balaban J connectivity index is 0.000000383. The minimum Gasteiger partial charge on any atom is -0.475 e. The second kappa shape index (κ2) is 13.2. The minimum absolute atomic E-state index is 0.256. The molecule has 3 atom stereocenters. The molecule has 1 aromatic rings. The van der Waals surface area contributed by atoms with E-state index in [0.29, 0.717) is 18.0 Å². The van der Waals surface area contributed by atoms with E-state index in [1.54, 1.807) is 6.92 Å². The first-order chi connectivity index (χ1) is 16.4. The predicted molar refractivity (Wildman–Crippen MR) is 118 cm³/mol. The number of carbonyl (C=O) groups is 3. The van der Waals surface area contributed by atoms with Crippen LogP contribution in [0.2, 0.25) is 0 Å². The van der Waals surface area contributed by atoms with Crippen LogP contribution in [0.1, 0.15) is 24.6 Å². The maximum atomic E-state index is 12.1. The number of carboxylic acids is 2. The third kappa shape index (κ3) is 10.3. The van der Waals surface area contributed by atoms with Gasteiger partial charge in [-0.3, -0.25) is 9.69 Å². The van der Waals surface area contributed by atoms with Gasteiger partial charge < -0.3 is 20.0 Å². The van der Waals surface area contributed by atoms with Gasteiger partial charge in [-0.2, -0.15) is 26.3 Å².